The van der Waals surface area contributed by atoms with E-state index in [9.17, 15) is 4.79 Å². The predicted molar refractivity (Wildman–Crippen MR) is 109 cm³/mol. The van der Waals surface area contributed by atoms with Gasteiger partial charge in [-0.2, -0.15) is 5.10 Å². The second-order valence-electron chi connectivity index (χ2n) is 6.11. The number of aromatic nitrogens is 2. The third kappa shape index (κ3) is 3.15. The van der Waals surface area contributed by atoms with Gasteiger partial charge in [-0.05, 0) is 43.0 Å². The fourth-order valence-corrected chi connectivity index (χ4v) is 4.78. The Hall–Kier alpha value is -2.18. The van der Waals surface area contributed by atoms with Crippen LogP contribution in [0.5, 0.6) is 0 Å². The van der Waals surface area contributed by atoms with Gasteiger partial charge in [-0.3, -0.25) is 4.79 Å². The molecule has 0 aliphatic carbocycles. The molecule has 1 aromatic heterocycles. The van der Waals surface area contributed by atoms with E-state index in [1.54, 1.807) is 23.5 Å². The maximum Gasteiger partial charge on any atom is 0.235 e. The van der Waals surface area contributed by atoms with Crippen LogP contribution in [-0.4, -0.2) is 27.7 Å². The van der Waals surface area contributed by atoms with Crippen LogP contribution in [0.15, 0.2) is 59.5 Å². The second kappa shape index (κ2) is 7.21. The molecule has 3 aromatic rings. The summed E-state index contributed by atoms with van der Waals surface area (Å²) in [6.45, 7) is 2.01. The van der Waals surface area contributed by atoms with Crippen molar-refractivity contribution < 1.29 is 4.79 Å². The van der Waals surface area contributed by atoms with E-state index in [0.717, 1.165) is 22.8 Å². The molecule has 1 aliphatic rings. The van der Waals surface area contributed by atoms with E-state index in [1.807, 2.05) is 41.9 Å². The van der Waals surface area contributed by atoms with Crippen LogP contribution < -0.4 is 5.32 Å². The molecule has 4 nitrogen and oxygen atoms in total. The standard InChI is InChI=1S/C20H19N3OS2/c1-13-18-19(14-8-10-16(25-2)11-9-14)26-12-17(24)21-20(18)23(22-13)15-6-4-3-5-7-15/h3-11,19H,12H2,1-2H3,(H,21,24). The molecule has 1 aliphatic heterocycles. The Kier molecular flexibility index (Phi) is 4.78. The van der Waals surface area contributed by atoms with Crippen molar-refractivity contribution in [2.45, 2.75) is 17.1 Å². The number of nitrogens with one attached hydrogen (secondary N) is 1. The summed E-state index contributed by atoms with van der Waals surface area (Å²) in [5.74, 6) is 1.22. The van der Waals surface area contributed by atoms with Crippen LogP contribution in [-0.2, 0) is 4.79 Å². The number of carbonyl (C=O) groups is 1. The summed E-state index contributed by atoms with van der Waals surface area (Å²) in [5, 5.41) is 7.88. The first-order valence-electron chi connectivity index (χ1n) is 8.37. The van der Waals surface area contributed by atoms with Crippen molar-refractivity contribution in [1.82, 2.24) is 9.78 Å². The van der Waals surface area contributed by atoms with Gasteiger partial charge in [0.25, 0.3) is 0 Å². The van der Waals surface area contributed by atoms with Crippen LogP contribution in [0.4, 0.5) is 5.82 Å². The van der Waals surface area contributed by atoms with E-state index in [4.69, 9.17) is 5.10 Å². The lowest BCUT2D eigenvalue weighted by molar-refractivity contribution is -0.113. The van der Waals surface area contributed by atoms with Crippen LogP contribution >= 0.6 is 23.5 Å². The van der Waals surface area contributed by atoms with E-state index in [-0.39, 0.29) is 11.2 Å². The van der Waals surface area contributed by atoms with Gasteiger partial charge >= 0.3 is 0 Å². The number of fused-ring (bicyclic) bond motifs is 1. The van der Waals surface area contributed by atoms with Crippen LogP contribution in [0.25, 0.3) is 5.69 Å². The summed E-state index contributed by atoms with van der Waals surface area (Å²) in [6, 6.07) is 18.5. The highest BCUT2D eigenvalue weighted by Gasteiger charge is 2.30. The smallest absolute Gasteiger partial charge is 0.235 e. The number of thioether (sulfide) groups is 2. The van der Waals surface area contributed by atoms with E-state index < -0.39 is 0 Å². The molecule has 1 atom stereocenters. The van der Waals surface area contributed by atoms with Gasteiger partial charge in [-0.15, -0.1) is 23.5 Å². The highest BCUT2D eigenvalue weighted by atomic mass is 32.2. The van der Waals surface area contributed by atoms with E-state index in [2.05, 4.69) is 35.8 Å². The number of amides is 1. The monoisotopic (exact) mass is 381 g/mol. The summed E-state index contributed by atoms with van der Waals surface area (Å²) in [4.78, 5) is 13.6. The molecule has 4 rings (SSSR count). The Morgan fingerprint density at radius 1 is 1.15 bits per heavy atom. The lowest BCUT2D eigenvalue weighted by Crippen LogP contribution is -2.15. The maximum absolute atomic E-state index is 12.3. The Bertz CT molecular complexity index is 936. The minimum Gasteiger partial charge on any atom is -0.310 e. The van der Waals surface area contributed by atoms with Gasteiger partial charge in [0, 0.05) is 10.5 Å². The molecule has 26 heavy (non-hydrogen) atoms. The number of aryl methyl sites for hydroxylation is 1. The van der Waals surface area contributed by atoms with Crippen molar-refractivity contribution in [1.29, 1.82) is 0 Å². The molecule has 2 heterocycles. The zero-order valence-electron chi connectivity index (χ0n) is 14.6. The molecule has 1 N–H and O–H groups in total. The van der Waals surface area contributed by atoms with Crippen LogP contribution in [0.1, 0.15) is 22.1 Å². The van der Waals surface area contributed by atoms with Gasteiger partial charge in [0.15, 0.2) is 0 Å². The van der Waals surface area contributed by atoms with Crippen molar-refractivity contribution in [3.8, 4) is 5.69 Å². The van der Waals surface area contributed by atoms with Crippen LogP contribution in [0, 0.1) is 6.92 Å². The molecule has 0 bridgehead atoms. The van der Waals surface area contributed by atoms with Gasteiger partial charge in [-0.1, -0.05) is 30.3 Å². The molecule has 6 heteroatoms. The highest BCUT2D eigenvalue weighted by Crippen LogP contribution is 2.44. The first kappa shape index (κ1) is 17.2. The molecule has 0 saturated carbocycles. The fraction of sp³-hybridized carbons (Fsp3) is 0.200. The average Bonchev–Trinajstić information content (AvgIpc) is 2.88. The largest absolute Gasteiger partial charge is 0.310 e. The van der Waals surface area contributed by atoms with Crippen LogP contribution in [0.3, 0.4) is 0 Å². The van der Waals surface area contributed by atoms with Crippen LogP contribution in [0.2, 0.25) is 0 Å². The van der Waals surface area contributed by atoms with Crippen molar-refractivity contribution in [3.05, 3.63) is 71.4 Å². The molecule has 1 amide bonds. The number of anilines is 1. The summed E-state index contributed by atoms with van der Waals surface area (Å²) in [5.41, 5.74) is 4.17. The molecule has 1 unspecified atom stereocenters. The van der Waals surface area contributed by atoms with Gasteiger partial charge in [0.1, 0.15) is 5.82 Å². The normalized spacial score (nSPS) is 16.7. The Morgan fingerprint density at radius 2 is 1.88 bits per heavy atom. The summed E-state index contributed by atoms with van der Waals surface area (Å²) in [7, 11) is 0. The Balaban J connectivity index is 1.85. The zero-order chi connectivity index (χ0) is 18.1. The molecule has 0 fully saturated rings. The fourth-order valence-electron chi connectivity index (χ4n) is 3.18. The van der Waals surface area contributed by atoms with E-state index in [0.29, 0.717) is 5.75 Å². The molecular formula is C20H19N3OS2. The average molecular weight is 382 g/mol. The molecular weight excluding hydrogens is 362 g/mol. The van der Waals surface area contributed by atoms with Gasteiger partial charge in [-0.25, -0.2) is 4.68 Å². The summed E-state index contributed by atoms with van der Waals surface area (Å²) >= 11 is 3.38. The number of carbonyl (C=O) groups excluding carboxylic acids is 1. The second-order valence-corrected chi connectivity index (χ2v) is 8.08. The summed E-state index contributed by atoms with van der Waals surface area (Å²) < 4.78 is 1.84. The minimum atomic E-state index is 0.0107. The number of hydrogen-bond donors (Lipinski definition) is 1. The van der Waals surface area contributed by atoms with Crippen molar-refractivity contribution in [3.63, 3.8) is 0 Å². The first-order valence-corrected chi connectivity index (χ1v) is 10.6. The first-order chi connectivity index (χ1) is 12.7. The Morgan fingerprint density at radius 3 is 2.58 bits per heavy atom. The number of hydrogen-bond acceptors (Lipinski definition) is 4. The quantitative estimate of drug-likeness (QED) is 0.669. The number of rotatable bonds is 3. The molecule has 0 spiro atoms. The molecule has 2 aromatic carbocycles. The molecule has 0 radical (unpaired) electrons. The van der Waals surface area contributed by atoms with E-state index >= 15 is 0 Å². The third-order valence-corrected chi connectivity index (χ3v) is 6.44. The number of benzene rings is 2. The lowest BCUT2D eigenvalue weighted by atomic mass is 10.0. The van der Waals surface area contributed by atoms with Gasteiger partial charge < -0.3 is 5.32 Å². The Labute approximate surface area is 161 Å². The van der Waals surface area contributed by atoms with Crippen molar-refractivity contribution in [2.24, 2.45) is 0 Å². The van der Waals surface area contributed by atoms with Crippen molar-refractivity contribution in [2.75, 3.05) is 17.3 Å². The number of nitrogens with zero attached hydrogens (tertiary/aromatic N) is 2. The topological polar surface area (TPSA) is 46.9 Å². The maximum atomic E-state index is 12.3. The summed E-state index contributed by atoms with van der Waals surface area (Å²) in [6.07, 6.45) is 2.07. The molecule has 0 saturated heterocycles. The lowest BCUT2D eigenvalue weighted by Gasteiger charge is -2.15. The minimum absolute atomic E-state index is 0.0107. The molecule has 132 valence electrons. The van der Waals surface area contributed by atoms with Gasteiger partial charge in [0.05, 0.1) is 22.4 Å². The predicted octanol–water partition coefficient (Wildman–Crippen LogP) is 4.68. The van der Waals surface area contributed by atoms with E-state index in [1.165, 1.54) is 10.5 Å². The zero-order valence-corrected chi connectivity index (χ0v) is 16.2. The third-order valence-electron chi connectivity index (χ3n) is 4.43. The number of para-hydroxylation sites is 1. The highest BCUT2D eigenvalue weighted by molar-refractivity contribution is 8.00. The van der Waals surface area contributed by atoms with Crippen molar-refractivity contribution >= 4 is 35.2 Å². The SMILES string of the molecule is CSc1ccc(C2SCC(=O)Nc3c2c(C)nn3-c2ccccc2)cc1. The van der Waals surface area contributed by atoms with Gasteiger partial charge in [0.2, 0.25) is 5.91 Å².